The van der Waals surface area contributed by atoms with E-state index in [1.165, 1.54) is 20.8 Å². The third kappa shape index (κ3) is 5.57. The molecular formula is C9H13F3O4. The zero-order chi connectivity index (χ0) is 13.1. The van der Waals surface area contributed by atoms with Crippen LogP contribution in [-0.4, -0.2) is 28.8 Å². The molecule has 0 amide bonds. The maximum Gasteiger partial charge on any atom is 0.402 e. The van der Waals surface area contributed by atoms with Crippen LogP contribution in [0.15, 0.2) is 0 Å². The van der Waals surface area contributed by atoms with Crippen LogP contribution >= 0.6 is 0 Å². The number of halogens is 3. The highest BCUT2D eigenvalue weighted by Crippen LogP contribution is 2.31. The van der Waals surface area contributed by atoms with Gasteiger partial charge in [-0.1, -0.05) is 0 Å². The fraction of sp³-hybridized carbons (Fsp3) is 0.778. The Morgan fingerprint density at radius 2 is 1.69 bits per heavy atom. The normalized spacial score (nSPS) is 14.4. The van der Waals surface area contributed by atoms with Gasteiger partial charge in [0.15, 0.2) is 5.92 Å². The topological polar surface area (TPSA) is 63.6 Å². The van der Waals surface area contributed by atoms with Crippen LogP contribution in [0.3, 0.4) is 0 Å². The molecular weight excluding hydrogens is 229 g/mol. The molecule has 0 heterocycles. The second kappa shape index (κ2) is 4.71. The first-order valence-corrected chi connectivity index (χ1v) is 4.45. The van der Waals surface area contributed by atoms with Gasteiger partial charge in [-0.15, -0.1) is 0 Å². The van der Waals surface area contributed by atoms with Crippen LogP contribution in [0, 0.1) is 5.92 Å². The Hall–Kier alpha value is -1.27. The monoisotopic (exact) mass is 242 g/mol. The predicted molar refractivity (Wildman–Crippen MR) is 47.6 cm³/mol. The molecule has 0 bridgehead atoms. The molecule has 1 unspecified atom stereocenters. The van der Waals surface area contributed by atoms with Crippen LogP contribution in [0.4, 0.5) is 13.2 Å². The number of carboxylic acid groups (broad SMARTS) is 1. The molecule has 0 aromatic carbocycles. The number of alkyl halides is 3. The summed E-state index contributed by atoms with van der Waals surface area (Å²) in [6, 6.07) is 0. The molecule has 0 aromatic heterocycles. The second-order valence-electron chi connectivity index (χ2n) is 4.23. The quantitative estimate of drug-likeness (QED) is 0.768. The highest BCUT2D eigenvalue weighted by Gasteiger charge is 2.48. The van der Waals surface area contributed by atoms with Gasteiger partial charge in [-0.3, -0.25) is 9.59 Å². The molecule has 0 spiro atoms. The van der Waals surface area contributed by atoms with Crippen molar-refractivity contribution < 1.29 is 32.6 Å². The van der Waals surface area contributed by atoms with Crippen molar-refractivity contribution in [1.29, 1.82) is 0 Å². The standard InChI is InChI=1S/C9H13F3O4/c1-8(2,3)16-7(15)5(4-6(13)14)9(10,11)12/h5H,4H2,1-3H3,(H,13,14). The highest BCUT2D eigenvalue weighted by atomic mass is 19.4. The number of hydrogen-bond donors (Lipinski definition) is 1. The van der Waals surface area contributed by atoms with Gasteiger partial charge in [0.2, 0.25) is 0 Å². The average Bonchev–Trinajstić information content (AvgIpc) is 1.93. The Morgan fingerprint density at radius 3 is 1.94 bits per heavy atom. The van der Waals surface area contributed by atoms with Gasteiger partial charge in [0.25, 0.3) is 0 Å². The lowest BCUT2D eigenvalue weighted by molar-refractivity contribution is -0.207. The summed E-state index contributed by atoms with van der Waals surface area (Å²) in [6.07, 6.45) is -6.24. The Balaban J connectivity index is 4.78. The smallest absolute Gasteiger partial charge is 0.402 e. The van der Waals surface area contributed by atoms with Gasteiger partial charge >= 0.3 is 18.1 Å². The molecule has 7 heteroatoms. The van der Waals surface area contributed by atoms with E-state index in [-0.39, 0.29) is 0 Å². The summed E-state index contributed by atoms with van der Waals surface area (Å²) in [7, 11) is 0. The van der Waals surface area contributed by atoms with E-state index in [1.54, 1.807) is 0 Å². The van der Waals surface area contributed by atoms with Crippen LogP contribution in [0.25, 0.3) is 0 Å². The molecule has 0 aliphatic carbocycles. The van der Waals surface area contributed by atoms with Crippen LogP contribution in [0.1, 0.15) is 27.2 Å². The molecule has 4 nitrogen and oxygen atoms in total. The molecule has 0 saturated carbocycles. The summed E-state index contributed by atoms with van der Waals surface area (Å²) in [5.41, 5.74) is -1.08. The van der Waals surface area contributed by atoms with Gasteiger partial charge in [0.05, 0.1) is 6.42 Å². The number of ether oxygens (including phenoxy) is 1. The highest BCUT2D eigenvalue weighted by molar-refractivity contribution is 5.80. The molecule has 0 fully saturated rings. The number of carbonyl (C=O) groups excluding carboxylic acids is 1. The molecule has 1 N–H and O–H groups in total. The molecule has 16 heavy (non-hydrogen) atoms. The Kier molecular flexibility index (Phi) is 4.34. The van der Waals surface area contributed by atoms with Gasteiger partial charge in [0.1, 0.15) is 5.60 Å². The van der Waals surface area contributed by atoms with Crippen LogP contribution < -0.4 is 0 Å². The van der Waals surface area contributed by atoms with Crippen molar-refractivity contribution in [2.24, 2.45) is 5.92 Å². The maximum atomic E-state index is 12.3. The molecule has 94 valence electrons. The summed E-state index contributed by atoms with van der Waals surface area (Å²) in [5.74, 6) is -5.89. The van der Waals surface area contributed by atoms with Crippen molar-refractivity contribution in [2.75, 3.05) is 0 Å². The lowest BCUT2D eigenvalue weighted by Gasteiger charge is -2.24. The van der Waals surface area contributed by atoms with Gasteiger partial charge in [-0.25, -0.2) is 0 Å². The van der Waals surface area contributed by atoms with Crippen LogP contribution in [0.5, 0.6) is 0 Å². The zero-order valence-corrected chi connectivity index (χ0v) is 9.09. The lowest BCUT2D eigenvalue weighted by atomic mass is 10.0. The van der Waals surface area contributed by atoms with Gasteiger partial charge < -0.3 is 9.84 Å². The molecule has 0 radical (unpaired) electrons. The number of aliphatic carboxylic acids is 1. The fourth-order valence-corrected chi connectivity index (χ4v) is 0.880. The predicted octanol–water partition coefficient (Wildman–Crippen LogP) is 1.98. The third-order valence-electron chi connectivity index (χ3n) is 1.47. The minimum atomic E-state index is -4.92. The van der Waals surface area contributed by atoms with Crippen LogP contribution in [0.2, 0.25) is 0 Å². The summed E-state index contributed by atoms with van der Waals surface area (Å²) < 4.78 is 41.5. The van der Waals surface area contributed by atoms with E-state index in [0.717, 1.165) is 0 Å². The van der Waals surface area contributed by atoms with Crippen molar-refractivity contribution in [3.05, 3.63) is 0 Å². The summed E-state index contributed by atoms with van der Waals surface area (Å²) in [4.78, 5) is 21.4. The number of rotatable bonds is 3. The molecule has 0 rings (SSSR count). The van der Waals surface area contributed by atoms with E-state index in [1.807, 2.05) is 0 Å². The number of carbonyl (C=O) groups is 2. The van der Waals surface area contributed by atoms with Gasteiger partial charge in [-0.2, -0.15) is 13.2 Å². The van der Waals surface area contributed by atoms with Crippen molar-refractivity contribution >= 4 is 11.9 Å². The molecule has 0 aromatic rings. The summed E-state index contributed by atoms with van der Waals surface area (Å²) >= 11 is 0. The fourth-order valence-electron chi connectivity index (χ4n) is 0.880. The lowest BCUT2D eigenvalue weighted by Crippen LogP contribution is -2.37. The molecule has 0 aliphatic rings. The van der Waals surface area contributed by atoms with Crippen molar-refractivity contribution in [3.63, 3.8) is 0 Å². The van der Waals surface area contributed by atoms with Gasteiger partial charge in [-0.05, 0) is 20.8 Å². The van der Waals surface area contributed by atoms with Gasteiger partial charge in [0, 0.05) is 0 Å². The first kappa shape index (κ1) is 14.7. The first-order chi connectivity index (χ1) is 6.93. The summed E-state index contributed by atoms with van der Waals surface area (Å²) in [5, 5.41) is 8.29. The maximum absolute atomic E-state index is 12.3. The van der Waals surface area contributed by atoms with E-state index in [9.17, 15) is 22.8 Å². The van der Waals surface area contributed by atoms with Crippen LogP contribution in [-0.2, 0) is 14.3 Å². The third-order valence-corrected chi connectivity index (χ3v) is 1.47. The molecule has 0 aliphatic heterocycles. The Morgan fingerprint density at radius 1 is 1.25 bits per heavy atom. The number of esters is 1. The van der Waals surface area contributed by atoms with E-state index in [2.05, 4.69) is 4.74 Å². The molecule has 0 saturated heterocycles. The van der Waals surface area contributed by atoms with Crippen molar-refractivity contribution in [2.45, 2.75) is 39.0 Å². The molecule has 1 atom stereocenters. The first-order valence-electron chi connectivity index (χ1n) is 4.45. The SMILES string of the molecule is CC(C)(C)OC(=O)C(CC(=O)O)C(F)(F)F. The number of hydrogen-bond acceptors (Lipinski definition) is 3. The largest absolute Gasteiger partial charge is 0.481 e. The van der Waals surface area contributed by atoms with E-state index in [0.29, 0.717) is 0 Å². The van der Waals surface area contributed by atoms with E-state index in [4.69, 9.17) is 5.11 Å². The van der Waals surface area contributed by atoms with Crippen molar-refractivity contribution in [1.82, 2.24) is 0 Å². The van der Waals surface area contributed by atoms with E-state index < -0.39 is 36.1 Å². The average molecular weight is 242 g/mol. The van der Waals surface area contributed by atoms with E-state index >= 15 is 0 Å². The number of carboxylic acids is 1. The second-order valence-corrected chi connectivity index (χ2v) is 4.23. The summed E-state index contributed by atoms with van der Waals surface area (Å²) in [6.45, 7) is 4.21. The minimum absolute atomic E-state index is 1.08. The minimum Gasteiger partial charge on any atom is -0.481 e. The zero-order valence-electron chi connectivity index (χ0n) is 9.09. The van der Waals surface area contributed by atoms with Crippen molar-refractivity contribution in [3.8, 4) is 0 Å². The Labute approximate surface area is 90.4 Å². The Bertz CT molecular complexity index is 277.